The molecule has 0 aliphatic heterocycles. The average molecular weight is 264 g/mol. The summed E-state index contributed by atoms with van der Waals surface area (Å²) < 4.78 is 10.3. The summed E-state index contributed by atoms with van der Waals surface area (Å²) in [6.07, 6.45) is 2.31. The van der Waals surface area contributed by atoms with Crippen molar-refractivity contribution in [3.8, 4) is 11.5 Å². The predicted octanol–water partition coefficient (Wildman–Crippen LogP) is 1.78. The highest BCUT2D eigenvalue weighted by atomic mass is 16.5. The van der Waals surface area contributed by atoms with Gasteiger partial charge in [0.15, 0.2) is 0 Å². The fourth-order valence-electron chi connectivity index (χ4n) is 1.81. The van der Waals surface area contributed by atoms with Crippen molar-refractivity contribution in [2.24, 2.45) is 0 Å². The van der Waals surface area contributed by atoms with Crippen LogP contribution in [0.5, 0.6) is 11.5 Å². The molecule has 1 aliphatic rings. The molecule has 0 saturated heterocycles. The average Bonchev–Trinajstić information content (AvgIpc) is 3.21. The lowest BCUT2D eigenvalue weighted by Gasteiger charge is -2.14. The van der Waals surface area contributed by atoms with Crippen LogP contribution in [0.1, 0.15) is 19.8 Å². The van der Waals surface area contributed by atoms with Crippen LogP contribution < -0.4 is 20.1 Å². The number of carbonyl (C=O) groups excluding carboxylic acids is 1. The summed E-state index contributed by atoms with van der Waals surface area (Å²) in [6.45, 7) is 1.87. The van der Waals surface area contributed by atoms with E-state index in [0.717, 1.165) is 12.8 Å². The van der Waals surface area contributed by atoms with Gasteiger partial charge in [0.05, 0.1) is 20.3 Å². The SMILES string of the molecule is COc1cc(NC(=O)C(C)NC2CC2)cc(OC)c1. The highest BCUT2D eigenvalue weighted by molar-refractivity contribution is 5.95. The maximum atomic E-state index is 12.0. The number of nitrogens with one attached hydrogen (secondary N) is 2. The quantitative estimate of drug-likeness (QED) is 0.822. The number of anilines is 1. The first-order valence-electron chi connectivity index (χ1n) is 6.42. The number of carbonyl (C=O) groups is 1. The molecule has 5 heteroatoms. The van der Waals surface area contributed by atoms with Gasteiger partial charge in [-0.3, -0.25) is 4.79 Å². The number of benzene rings is 1. The number of hydrogen-bond donors (Lipinski definition) is 2. The fourth-order valence-corrected chi connectivity index (χ4v) is 1.81. The van der Waals surface area contributed by atoms with E-state index in [1.165, 1.54) is 0 Å². The largest absolute Gasteiger partial charge is 0.497 e. The highest BCUT2D eigenvalue weighted by Gasteiger charge is 2.25. The molecule has 1 aromatic rings. The van der Waals surface area contributed by atoms with Crippen LogP contribution >= 0.6 is 0 Å². The van der Waals surface area contributed by atoms with Gasteiger partial charge in [-0.1, -0.05) is 0 Å². The first-order valence-corrected chi connectivity index (χ1v) is 6.42. The van der Waals surface area contributed by atoms with Crippen LogP contribution in [0.3, 0.4) is 0 Å². The lowest BCUT2D eigenvalue weighted by molar-refractivity contribution is -0.117. The minimum absolute atomic E-state index is 0.0535. The molecule has 0 spiro atoms. The molecule has 19 heavy (non-hydrogen) atoms. The summed E-state index contributed by atoms with van der Waals surface area (Å²) in [4.78, 5) is 12.0. The van der Waals surface area contributed by atoms with E-state index in [-0.39, 0.29) is 11.9 Å². The third-order valence-electron chi connectivity index (χ3n) is 3.08. The second-order valence-electron chi connectivity index (χ2n) is 4.75. The Hall–Kier alpha value is -1.75. The standard InChI is InChI=1S/C14H20N2O3/c1-9(15-10-4-5-10)14(17)16-11-6-12(18-2)8-13(7-11)19-3/h6-10,15H,4-5H2,1-3H3,(H,16,17). The van der Waals surface area contributed by atoms with Gasteiger partial charge in [0, 0.05) is 29.9 Å². The highest BCUT2D eigenvalue weighted by Crippen LogP contribution is 2.26. The molecule has 1 aromatic carbocycles. The van der Waals surface area contributed by atoms with E-state index in [1.807, 2.05) is 6.92 Å². The van der Waals surface area contributed by atoms with Crippen LogP contribution in [0.25, 0.3) is 0 Å². The Kier molecular flexibility index (Phi) is 4.27. The molecule has 1 unspecified atom stereocenters. The van der Waals surface area contributed by atoms with Gasteiger partial charge in [0.2, 0.25) is 5.91 Å². The topological polar surface area (TPSA) is 59.6 Å². The molecule has 5 nitrogen and oxygen atoms in total. The van der Waals surface area contributed by atoms with E-state index < -0.39 is 0 Å². The van der Waals surface area contributed by atoms with Gasteiger partial charge in [0.1, 0.15) is 11.5 Å². The second-order valence-corrected chi connectivity index (χ2v) is 4.75. The summed E-state index contributed by atoms with van der Waals surface area (Å²) >= 11 is 0. The van der Waals surface area contributed by atoms with Gasteiger partial charge in [0.25, 0.3) is 0 Å². The van der Waals surface area contributed by atoms with Crippen molar-refractivity contribution in [2.75, 3.05) is 19.5 Å². The normalized spacial score (nSPS) is 15.7. The Morgan fingerprint density at radius 3 is 2.26 bits per heavy atom. The summed E-state index contributed by atoms with van der Waals surface area (Å²) in [5, 5.41) is 6.12. The van der Waals surface area contributed by atoms with Crippen LogP contribution in [-0.4, -0.2) is 32.2 Å². The lowest BCUT2D eigenvalue weighted by atomic mass is 10.2. The van der Waals surface area contributed by atoms with Crippen LogP contribution in [0, 0.1) is 0 Å². The van der Waals surface area contributed by atoms with Crippen molar-refractivity contribution in [3.05, 3.63) is 18.2 Å². The van der Waals surface area contributed by atoms with Gasteiger partial charge in [-0.25, -0.2) is 0 Å². The molecular formula is C14H20N2O3. The Labute approximate surface area is 113 Å². The van der Waals surface area contributed by atoms with Gasteiger partial charge in [-0.15, -0.1) is 0 Å². The molecular weight excluding hydrogens is 244 g/mol. The van der Waals surface area contributed by atoms with Crippen LogP contribution in [0.15, 0.2) is 18.2 Å². The molecule has 2 rings (SSSR count). The summed E-state index contributed by atoms with van der Waals surface area (Å²) in [5.41, 5.74) is 0.672. The van der Waals surface area contributed by atoms with Crippen molar-refractivity contribution < 1.29 is 14.3 Å². The monoisotopic (exact) mass is 264 g/mol. The van der Waals surface area contributed by atoms with E-state index in [2.05, 4.69) is 10.6 Å². The summed E-state index contributed by atoms with van der Waals surface area (Å²) in [5.74, 6) is 1.25. The fraction of sp³-hybridized carbons (Fsp3) is 0.500. The minimum atomic E-state index is -0.204. The zero-order valence-corrected chi connectivity index (χ0v) is 11.5. The summed E-state index contributed by atoms with van der Waals surface area (Å²) in [6, 6.07) is 5.60. The van der Waals surface area contributed by atoms with Crippen molar-refractivity contribution in [1.82, 2.24) is 5.32 Å². The third-order valence-corrected chi connectivity index (χ3v) is 3.08. The van der Waals surface area contributed by atoms with Gasteiger partial charge >= 0.3 is 0 Å². The molecule has 1 saturated carbocycles. The molecule has 104 valence electrons. The molecule has 2 N–H and O–H groups in total. The Morgan fingerprint density at radius 2 is 1.79 bits per heavy atom. The Morgan fingerprint density at radius 1 is 1.21 bits per heavy atom. The first-order chi connectivity index (χ1) is 9.12. The first kappa shape index (κ1) is 13.7. The summed E-state index contributed by atoms with van der Waals surface area (Å²) in [7, 11) is 3.16. The van der Waals surface area contributed by atoms with E-state index in [0.29, 0.717) is 23.2 Å². The van der Waals surface area contributed by atoms with Gasteiger partial charge in [-0.05, 0) is 19.8 Å². The third kappa shape index (κ3) is 3.86. The Balaban J connectivity index is 2.02. The van der Waals surface area contributed by atoms with E-state index in [4.69, 9.17) is 9.47 Å². The number of ether oxygens (including phenoxy) is 2. The number of amides is 1. The number of methoxy groups -OCH3 is 2. The van der Waals surface area contributed by atoms with E-state index in [1.54, 1.807) is 32.4 Å². The van der Waals surface area contributed by atoms with Crippen LogP contribution in [0.2, 0.25) is 0 Å². The molecule has 0 heterocycles. The lowest BCUT2D eigenvalue weighted by Crippen LogP contribution is -2.39. The van der Waals surface area contributed by atoms with Gasteiger partial charge in [-0.2, -0.15) is 0 Å². The van der Waals surface area contributed by atoms with Crippen LogP contribution in [-0.2, 0) is 4.79 Å². The molecule has 1 fully saturated rings. The molecule has 1 aliphatic carbocycles. The molecule has 0 radical (unpaired) electrons. The number of rotatable bonds is 6. The maximum absolute atomic E-state index is 12.0. The van der Waals surface area contributed by atoms with Gasteiger partial charge < -0.3 is 20.1 Å². The zero-order chi connectivity index (χ0) is 13.8. The smallest absolute Gasteiger partial charge is 0.241 e. The van der Waals surface area contributed by atoms with Crippen LogP contribution in [0.4, 0.5) is 5.69 Å². The zero-order valence-electron chi connectivity index (χ0n) is 11.5. The van der Waals surface area contributed by atoms with E-state index in [9.17, 15) is 4.79 Å². The van der Waals surface area contributed by atoms with E-state index >= 15 is 0 Å². The van der Waals surface area contributed by atoms with Crippen molar-refractivity contribution in [3.63, 3.8) is 0 Å². The minimum Gasteiger partial charge on any atom is -0.497 e. The number of hydrogen-bond acceptors (Lipinski definition) is 4. The predicted molar refractivity (Wildman–Crippen MR) is 73.8 cm³/mol. The molecule has 1 amide bonds. The molecule has 0 aromatic heterocycles. The molecule has 0 bridgehead atoms. The second kappa shape index (κ2) is 5.93. The maximum Gasteiger partial charge on any atom is 0.241 e. The van der Waals surface area contributed by atoms with Crippen molar-refractivity contribution >= 4 is 11.6 Å². The Bertz CT molecular complexity index is 436. The van der Waals surface area contributed by atoms with Crippen molar-refractivity contribution in [2.45, 2.75) is 31.8 Å². The molecule has 1 atom stereocenters. The van der Waals surface area contributed by atoms with Crippen molar-refractivity contribution in [1.29, 1.82) is 0 Å².